The smallest absolute Gasteiger partial charge is 0.196 e. The van der Waals surface area contributed by atoms with Gasteiger partial charge in [-0.05, 0) is 39.8 Å². The Kier molecular flexibility index (Phi) is 9.40. The molecule has 8 heteroatoms. The number of nitrogens with one attached hydrogen (secondary N) is 2. The van der Waals surface area contributed by atoms with Gasteiger partial charge in [0.1, 0.15) is 0 Å². The van der Waals surface area contributed by atoms with E-state index in [4.69, 9.17) is 14.5 Å². The number of aliphatic imine (C=N–C) groups is 1. The van der Waals surface area contributed by atoms with E-state index >= 15 is 0 Å². The zero-order valence-corrected chi connectivity index (χ0v) is 19.3. The molecule has 0 radical (unpaired) electrons. The SMILES string of the molecule is CCNC(=NCc1c(C)nn(C)c1C)Nc1ccc(OCC)c(OC)c1.I. The Morgan fingerprint density at radius 2 is 1.96 bits per heavy atom. The lowest BCUT2D eigenvalue weighted by molar-refractivity contribution is 0.311. The fourth-order valence-corrected chi connectivity index (χ4v) is 2.67. The Hall–Kier alpha value is -1.97. The Morgan fingerprint density at radius 1 is 1.22 bits per heavy atom. The van der Waals surface area contributed by atoms with Crippen molar-refractivity contribution in [2.24, 2.45) is 12.0 Å². The van der Waals surface area contributed by atoms with E-state index in [0.29, 0.717) is 24.9 Å². The number of aryl methyl sites for hydroxylation is 2. The average molecular weight is 487 g/mol. The van der Waals surface area contributed by atoms with Crippen LogP contribution >= 0.6 is 24.0 Å². The molecule has 1 aromatic heterocycles. The molecule has 1 aromatic carbocycles. The van der Waals surface area contributed by atoms with Crippen molar-refractivity contribution in [1.29, 1.82) is 0 Å². The highest BCUT2D eigenvalue weighted by Gasteiger charge is 2.10. The van der Waals surface area contributed by atoms with Crippen molar-refractivity contribution in [3.05, 3.63) is 35.2 Å². The summed E-state index contributed by atoms with van der Waals surface area (Å²) in [7, 11) is 3.58. The largest absolute Gasteiger partial charge is 0.493 e. The van der Waals surface area contributed by atoms with Crippen molar-refractivity contribution in [2.45, 2.75) is 34.2 Å². The number of ether oxygens (including phenoxy) is 2. The number of hydrogen-bond acceptors (Lipinski definition) is 4. The van der Waals surface area contributed by atoms with Crippen LogP contribution < -0.4 is 20.1 Å². The van der Waals surface area contributed by atoms with Crippen molar-refractivity contribution in [3.8, 4) is 11.5 Å². The third kappa shape index (κ3) is 6.02. The van der Waals surface area contributed by atoms with Crippen molar-refractivity contribution in [1.82, 2.24) is 15.1 Å². The van der Waals surface area contributed by atoms with Crippen LogP contribution in [-0.2, 0) is 13.6 Å². The third-order valence-electron chi connectivity index (χ3n) is 4.12. The average Bonchev–Trinajstić information content (AvgIpc) is 2.86. The van der Waals surface area contributed by atoms with Crippen molar-refractivity contribution in [3.63, 3.8) is 0 Å². The van der Waals surface area contributed by atoms with Crippen LogP contribution in [0.1, 0.15) is 30.8 Å². The molecule has 0 saturated carbocycles. The van der Waals surface area contributed by atoms with E-state index in [9.17, 15) is 0 Å². The predicted molar refractivity (Wildman–Crippen MR) is 121 cm³/mol. The molecule has 0 spiro atoms. The highest BCUT2D eigenvalue weighted by atomic mass is 127. The second-order valence-electron chi connectivity index (χ2n) is 5.89. The van der Waals surface area contributed by atoms with Gasteiger partial charge in [-0.3, -0.25) is 4.68 Å². The highest BCUT2D eigenvalue weighted by Crippen LogP contribution is 2.30. The number of nitrogens with zero attached hydrogens (tertiary/aromatic N) is 3. The number of hydrogen-bond donors (Lipinski definition) is 2. The lowest BCUT2D eigenvalue weighted by Gasteiger charge is -2.14. The zero-order valence-electron chi connectivity index (χ0n) is 16.9. The number of aromatic nitrogens is 2. The summed E-state index contributed by atoms with van der Waals surface area (Å²) >= 11 is 0. The molecule has 0 atom stereocenters. The quantitative estimate of drug-likeness (QED) is 0.355. The van der Waals surface area contributed by atoms with Gasteiger partial charge in [0.05, 0.1) is 26.0 Å². The minimum atomic E-state index is 0. The molecule has 7 nitrogen and oxygen atoms in total. The normalized spacial score (nSPS) is 11.0. The van der Waals surface area contributed by atoms with E-state index in [1.807, 2.05) is 50.7 Å². The molecule has 0 aliphatic heterocycles. The first kappa shape index (κ1) is 23.1. The van der Waals surface area contributed by atoms with E-state index in [1.54, 1.807) is 7.11 Å². The Labute approximate surface area is 178 Å². The van der Waals surface area contributed by atoms with Gasteiger partial charge in [-0.1, -0.05) is 0 Å². The molecular formula is C19H30IN5O2. The molecule has 0 aliphatic rings. The lowest BCUT2D eigenvalue weighted by atomic mass is 10.2. The molecule has 2 rings (SSSR count). The van der Waals surface area contributed by atoms with Gasteiger partial charge >= 0.3 is 0 Å². The Balaban J connectivity index is 0.00000364. The Morgan fingerprint density at radius 3 is 2.52 bits per heavy atom. The fourth-order valence-electron chi connectivity index (χ4n) is 2.67. The van der Waals surface area contributed by atoms with Crippen molar-refractivity contribution in [2.75, 3.05) is 25.6 Å². The maximum Gasteiger partial charge on any atom is 0.196 e. The first-order valence-electron chi connectivity index (χ1n) is 8.85. The van der Waals surface area contributed by atoms with Gasteiger partial charge in [0.15, 0.2) is 17.5 Å². The number of anilines is 1. The van der Waals surface area contributed by atoms with Gasteiger partial charge in [0.25, 0.3) is 0 Å². The van der Waals surface area contributed by atoms with E-state index in [-0.39, 0.29) is 24.0 Å². The van der Waals surface area contributed by atoms with Crippen LogP contribution in [-0.4, -0.2) is 36.0 Å². The van der Waals surface area contributed by atoms with Crippen LogP contribution in [0, 0.1) is 13.8 Å². The summed E-state index contributed by atoms with van der Waals surface area (Å²) < 4.78 is 12.9. The molecule has 1 heterocycles. The van der Waals surface area contributed by atoms with Crippen molar-refractivity contribution >= 4 is 35.6 Å². The maximum absolute atomic E-state index is 5.56. The van der Waals surface area contributed by atoms with Gasteiger partial charge in [-0.15, -0.1) is 24.0 Å². The summed E-state index contributed by atoms with van der Waals surface area (Å²) in [6.07, 6.45) is 0. The summed E-state index contributed by atoms with van der Waals surface area (Å²) in [6.45, 7) is 9.98. The summed E-state index contributed by atoms with van der Waals surface area (Å²) in [6, 6.07) is 5.74. The van der Waals surface area contributed by atoms with Crippen LogP contribution in [0.3, 0.4) is 0 Å². The van der Waals surface area contributed by atoms with Crippen molar-refractivity contribution < 1.29 is 9.47 Å². The Bertz CT molecular complexity index is 774. The predicted octanol–water partition coefficient (Wildman–Crippen LogP) is 3.64. The first-order chi connectivity index (χ1) is 12.5. The van der Waals surface area contributed by atoms with Gasteiger partial charge in [-0.25, -0.2) is 4.99 Å². The van der Waals surface area contributed by atoms with Gasteiger partial charge in [0.2, 0.25) is 0 Å². The minimum absolute atomic E-state index is 0. The second-order valence-corrected chi connectivity index (χ2v) is 5.89. The summed E-state index contributed by atoms with van der Waals surface area (Å²) in [5.41, 5.74) is 4.16. The van der Waals surface area contributed by atoms with Crippen LogP contribution in [0.5, 0.6) is 11.5 Å². The zero-order chi connectivity index (χ0) is 19.1. The van der Waals surface area contributed by atoms with E-state index < -0.39 is 0 Å². The molecule has 2 N–H and O–H groups in total. The van der Waals surface area contributed by atoms with Crippen LogP contribution in [0.2, 0.25) is 0 Å². The fraction of sp³-hybridized carbons (Fsp3) is 0.474. The topological polar surface area (TPSA) is 72.7 Å². The monoisotopic (exact) mass is 487 g/mol. The van der Waals surface area contributed by atoms with E-state index in [0.717, 1.165) is 34.9 Å². The molecule has 2 aromatic rings. The number of guanidine groups is 1. The van der Waals surface area contributed by atoms with Crippen LogP contribution in [0.25, 0.3) is 0 Å². The summed E-state index contributed by atoms with van der Waals surface area (Å²) in [4.78, 5) is 4.70. The van der Waals surface area contributed by atoms with Crippen LogP contribution in [0.15, 0.2) is 23.2 Å². The molecule has 0 amide bonds. The minimum Gasteiger partial charge on any atom is -0.493 e. The number of benzene rings is 1. The lowest BCUT2D eigenvalue weighted by Crippen LogP contribution is -2.30. The molecule has 0 fully saturated rings. The standard InChI is InChI=1S/C19H29N5O2.HI/c1-7-20-19(21-12-16-13(3)23-24(5)14(16)4)22-15-9-10-17(26-8-2)18(11-15)25-6;/h9-11H,7-8,12H2,1-6H3,(H2,20,21,22);1H. The number of methoxy groups -OCH3 is 1. The molecule has 27 heavy (non-hydrogen) atoms. The van der Waals surface area contributed by atoms with Gasteiger partial charge in [0, 0.05) is 36.6 Å². The van der Waals surface area contributed by atoms with Crippen LogP contribution in [0.4, 0.5) is 5.69 Å². The number of rotatable bonds is 7. The maximum atomic E-state index is 5.56. The first-order valence-corrected chi connectivity index (χ1v) is 8.85. The van der Waals surface area contributed by atoms with Gasteiger partial charge < -0.3 is 20.1 Å². The second kappa shape index (κ2) is 11.0. The molecule has 0 bridgehead atoms. The number of halogens is 1. The molecule has 0 saturated heterocycles. The third-order valence-corrected chi connectivity index (χ3v) is 4.12. The molecule has 150 valence electrons. The summed E-state index contributed by atoms with van der Waals surface area (Å²) in [5, 5.41) is 11.0. The molecular weight excluding hydrogens is 457 g/mol. The molecule has 0 aliphatic carbocycles. The highest BCUT2D eigenvalue weighted by molar-refractivity contribution is 14.0. The summed E-state index contributed by atoms with van der Waals surface area (Å²) in [5.74, 6) is 2.12. The molecule has 0 unspecified atom stereocenters. The van der Waals surface area contributed by atoms with E-state index in [1.165, 1.54) is 0 Å². The van der Waals surface area contributed by atoms with Gasteiger partial charge in [-0.2, -0.15) is 5.10 Å². The van der Waals surface area contributed by atoms with E-state index in [2.05, 4.69) is 22.7 Å².